The SMILES string of the molecule is Cc1ccc(P(O)O[C@@H]2CCN(c3ccc(S(=O)N(SI)c4nccs4)cc3)C2=O)cc1. The second-order valence-corrected chi connectivity index (χ2v) is 12.3. The molecule has 2 aromatic carbocycles. The third-order valence-corrected chi connectivity index (χ3v) is 11.0. The summed E-state index contributed by atoms with van der Waals surface area (Å²) in [4.78, 5) is 29.8. The summed E-state index contributed by atoms with van der Waals surface area (Å²) >= 11 is 3.50. The van der Waals surface area contributed by atoms with Gasteiger partial charge in [0.2, 0.25) is 13.5 Å². The van der Waals surface area contributed by atoms with Crippen LogP contribution >= 0.6 is 50.0 Å². The minimum absolute atomic E-state index is 0.181. The number of carbonyl (C=O) groups excluding carboxylic acids is 1. The van der Waals surface area contributed by atoms with Crippen LogP contribution in [0.15, 0.2) is 65.0 Å². The first-order chi connectivity index (χ1) is 15.5. The van der Waals surface area contributed by atoms with E-state index in [1.807, 2.05) is 36.6 Å². The van der Waals surface area contributed by atoms with Gasteiger partial charge in [-0.25, -0.2) is 9.19 Å². The van der Waals surface area contributed by atoms with Gasteiger partial charge in [-0.3, -0.25) is 4.79 Å². The quantitative estimate of drug-likeness (QED) is 0.223. The van der Waals surface area contributed by atoms with Gasteiger partial charge in [0, 0.05) is 65.9 Å². The molecular weight excluding hydrogens is 600 g/mol. The maximum atomic E-state index is 13.0. The van der Waals surface area contributed by atoms with Crippen molar-refractivity contribution >= 4 is 83.1 Å². The Morgan fingerprint density at radius 2 is 2.00 bits per heavy atom. The maximum Gasteiger partial charge on any atom is 0.256 e. The molecule has 1 aliphatic rings. The molecule has 0 aliphatic carbocycles. The zero-order valence-corrected chi connectivity index (χ0v) is 22.3. The smallest absolute Gasteiger partial charge is 0.256 e. The second kappa shape index (κ2) is 10.9. The predicted octanol–water partition coefficient (Wildman–Crippen LogP) is 4.73. The molecule has 0 bridgehead atoms. The van der Waals surface area contributed by atoms with Crippen molar-refractivity contribution in [3.8, 4) is 0 Å². The Labute approximate surface area is 210 Å². The normalized spacial score (nSPS) is 18.0. The lowest BCUT2D eigenvalue weighted by atomic mass is 10.2. The molecule has 1 N–H and O–H groups in total. The molecule has 3 aromatic rings. The second-order valence-electron chi connectivity index (χ2n) is 6.86. The molecule has 4 rings (SSSR count). The highest BCUT2D eigenvalue weighted by atomic mass is 127. The standard InChI is InChI=1S/C20H19IN3O4PS3/c1-14-2-6-16(7-3-14)29(26)28-18-10-12-23(19(18)25)15-4-8-17(9-5-15)32(27)24(31-21)20-22-11-13-30-20/h2-9,11,13,18,26H,10,12H2,1H3/t18-,29?,32?/m1/s1. The molecule has 0 saturated carbocycles. The average molecular weight is 619 g/mol. The van der Waals surface area contributed by atoms with Crippen LogP contribution in [0.4, 0.5) is 10.8 Å². The van der Waals surface area contributed by atoms with Gasteiger partial charge in [0.05, 0.1) is 4.90 Å². The molecule has 2 heterocycles. The summed E-state index contributed by atoms with van der Waals surface area (Å²) in [5.41, 5.74) is 1.80. The maximum absolute atomic E-state index is 13.0. The molecule has 1 aromatic heterocycles. The first-order valence-electron chi connectivity index (χ1n) is 9.52. The fourth-order valence-corrected chi connectivity index (χ4v) is 8.71. The van der Waals surface area contributed by atoms with E-state index in [4.69, 9.17) is 4.52 Å². The number of hydrogen-bond donors (Lipinski definition) is 1. The molecule has 0 radical (unpaired) electrons. The molecule has 1 amide bonds. The van der Waals surface area contributed by atoms with Crippen molar-refractivity contribution in [1.82, 2.24) is 4.98 Å². The lowest BCUT2D eigenvalue weighted by molar-refractivity contribution is -0.122. The van der Waals surface area contributed by atoms with Crippen molar-refractivity contribution in [1.29, 1.82) is 0 Å². The summed E-state index contributed by atoms with van der Waals surface area (Å²) < 4.78 is 20.3. The number of carbonyl (C=O) groups is 1. The van der Waals surface area contributed by atoms with Crippen LogP contribution in [-0.2, 0) is 20.3 Å². The van der Waals surface area contributed by atoms with Gasteiger partial charge >= 0.3 is 0 Å². The lowest BCUT2D eigenvalue weighted by Gasteiger charge is -2.19. The Hall–Kier alpha value is -1.08. The van der Waals surface area contributed by atoms with E-state index in [0.29, 0.717) is 34.0 Å². The first-order valence-corrected chi connectivity index (χ1v) is 16.0. The van der Waals surface area contributed by atoms with Gasteiger partial charge in [0.15, 0.2) is 11.0 Å². The Morgan fingerprint density at radius 3 is 2.62 bits per heavy atom. The van der Waals surface area contributed by atoms with Crippen molar-refractivity contribution in [2.45, 2.75) is 24.3 Å². The lowest BCUT2D eigenvalue weighted by Crippen LogP contribution is -2.30. The fourth-order valence-electron chi connectivity index (χ4n) is 3.13. The van der Waals surface area contributed by atoms with E-state index in [1.165, 1.54) is 20.5 Å². The van der Waals surface area contributed by atoms with E-state index < -0.39 is 25.5 Å². The van der Waals surface area contributed by atoms with Crippen LogP contribution in [0.1, 0.15) is 12.0 Å². The third kappa shape index (κ3) is 5.35. The third-order valence-electron chi connectivity index (χ3n) is 4.78. The number of nitrogens with zero attached hydrogens (tertiary/aromatic N) is 3. The monoisotopic (exact) mass is 619 g/mol. The molecule has 1 fully saturated rings. The summed E-state index contributed by atoms with van der Waals surface area (Å²) in [5.74, 6) is -0.181. The number of halogens is 1. The van der Waals surface area contributed by atoms with Crippen LogP contribution in [0.5, 0.6) is 0 Å². The number of thiazole rings is 1. The molecule has 1 saturated heterocycles. The van der Waals surface area contributed by atoms with Crippen molar-refractivity contribution in [2.24, 2.45) is 0 Å². The van der Waals surface area contributed by atoms with Crippen LogP contribution in [-0.4, -0.2) is 32.6 Å². The Bertz CT molecular complexity index is 1090. The van der Waals surface area contributed by atoms with Crippen molar-refractivity contribution < 1.29 is 18.4 Å². The molecular formula is C20H19IN3O4PS3. The Kier molecular flexibility index (Phi) is 8.19. The van der Waals surface area contributed by atoms with Gasteiger partial charge in [0.25, 0.3) is 5.91 Å². The number of anilines is 2. The van der Waals surface area contributed by atoms with E-state index in [0.717, 1.165) is 5.56 Å². The minimum Gasteiger partial charge on any atom is -0.346 e. The van der Waals surface area contributed by atoms with Gasteiger partial charge in [-0.15, -0.1) is 11.3 Å². The zero-order chi connectivity index (χ0) is 22.7. The highest BCUT2D eigenvalue weighted by Crippen LogP contribution is 2.37. The molecule has 0 spiro atoms. The van der Waals surface area contributed by atoms with E-state index >= 15 is 0 Å². The fraction of sp³-hybridized carbons (Fsp3) is 0.200. The summed E-state index contributed by atoms with van der Waals surface area (Å²) in [5, 5.41) is 3.18. The highest BCUT2D eigenvalue weighted by molar-refractivity contribution is 14.2. The van der Waals surface area contributed by atoms with Gasteiger partial charge in [-0.2, -0.15) is 3.71 Å². The van der Waals surface area contributed by atoms with Crippen molar-refractivity contribution in [3.05, 3.63) is 65.7 Å². The van der Waals surface area contributed by atoms with E-state index in [1.54, 1.807) is 39.1 Å². The van der Waals surface area contributed by atoms with Crippen LogP contribution in [0.2, 0.25) is 0 Å². The highest BCUT2D eigenvalue weighted by Gasteiger charge is 2.35. The molecule has 168 valence electrons. The van der Waals surface area contributed by atoms with Crippen molar-refractivity contribution in [3.63, 3.8) is 0 Å². The molecule has 7 nitrogen and oxygen atoms in total. The summed E-state index contributed by atoms with van der Waals surface area (Å²) in [6, 6.07) is 14.5. The summed E-state index contributed by atoms with van der Waals surface area (Å²) in [6.07, 6.45) is 1.49. The van der Waals surface area contributed by atoms with Gasteiger partial charge in [-0.05, 0) is 43.3 Å². The van der Waals surface area contributed by atoms with Crippen LogP contribution in [0, 0.1) is 6.92 Å². The summed E-state index contributed by atoms with van der Waals surface area (Å²) in [6.45, 7) is 2.47. The van der Waals surface area contributed by atoms with E-state index in [-0.39, 0.29) is 5.91 Å². The molecule has 1 aliphatic heterocycles. The van der Waals surface area contributed by atoms with E-state index in [2.05, 4.69) is 26.2 Å². The number of hydrogen-bond acceptors (Lipinski definition) is 7. The van der Waals surface area contributed by atoms with Gasteiger partial charge in [0.1, 0.15) is 6.10 Å². The molecule has 3 atom stereocenters. The van der Waals surface area contributed by atoms with Crippen LogP contribution < -0.4 is 13.9 Å². The molecule has 2 unspecified atom stereocenters. The minimum atomic E-state index is -1.86. The van der Waals surface area contributed by atoms with E-state index in [9.17, 15) is 13.9 Å². The van der Waals surface area contributed by atoms with Gasteiger partial charge in [-0.1, -0.05) is 17.7 Å². The molecule has 12 heteroatoms. The number of aromatic nitrogens is 1. The van der Waals surface area contributed by atoms with Crippen molar-refractivity contribution in [2.75, 3.05) is 15.2 Å². The largest absolute Gasteiger partial charge is 0.346 e. The number of benzene rings is 2. The first kappa shape index (κ1) is 24.1. The van der Waals surface area contributed by atoms with Gasteiger partial charge < -0.3 is 14.3 Å². The average Bonchev–Trinajstić information content (AvgIpc) is 3.45. The topological polar surface area (TPSA) is 83.0 Å². The Morgan fingerprint density at radius 1 is 1.28 bits per heavy atom. The number of rotatable bonds is 8. The van der Waals surface area contributed by atoms with Crippen LogP contribution in [0.25, 0.3) is 0 Å². The Balaban J connectivity index is 1.41. The number of amides is 1. The molecule has 32 heavy (non-hydrogen) atoms. The summed E-state index contributed by atoms with van der Waals surface area (Å²) in [7, 11) is -1.97. The predicted molar refractivity (Wildman–Crippen MR) is 141 cm³/mol. The zero-order valence-electron chi connectivity index (χ0n) is 16.8. The van der Waals surface area contributed by atoms with Crippen LogP contribution in [0.3, 0.4) is 0 Å². The number of aryl methyl sites for hydroxylation is 1.